The number of esters is 1. The van der Waals surface area contributed by atoms with E-state index in [1.54, 1.807) is 5.01 Å². The summed E-state index contributed by atoms with van der Waals surface area (Å²) in [5.41, 5.74) is 5.45. The molecule has 0 N–H and O–H groups in total. The Kier molecular flexibility index (Phi) is 7.23. The zero-order valence-electron chi connectivity index (χ0n) is 19.8. The Bertz CT molecular complexity index is 1010. The predicted molar refractivity (Wildman–Crippen MR) is 129 cm³/mol. The number of amides is 1. The van der Waals surface area contributed by atoms with E-state index in [-0.39, 0.29) is 30.4 Å². The molecule has 2 aliphatic heterocycles. The summed E-state index contributed by atoms with van der Waals surface area (Å²) in [7, 11) is 0. The monoisotopic (exact) mass is 447 g/mol. The molecule has 33 heavy (non-hydrogen) atoms. The maximum Gasteiger partial charge on any atom is 0.310 e. The zero-order valence-corrected chi connectivity index (χ0v) is 19.8. The minimum absolute atomic E-state index is 0.0350. The first-order chi connectivity index (χ1) is 15.9. The van der Waals surface area contributed by atoms with Gasteiger partial charge in [-0.25, -0.2) is 5.01 Å². The van der Waals surface area contributed by atoms with Crippen LogP contribution in [0.2, 0.25) is 0 Å². The van der Waals surface area contributed by atoms with Gasteiger partial charge in [0.15, 0.2) is 0 Å². The lowest BCUT2D eigenvalue weighted by atomic mass is 9.97. The first kappa shape index (κ1) is 23.2. The number of hydrogen-bond donors (Lipinski definition) is 0. The maximum absolute atomic E-state index is 13.5. The second kappa shape index (κ2) is 10.3. The van der Waals surface area contributed by atoms with Gasteiger partial charge in [0, 0.05) is 13.0 Å². The van der Waals surface area contributed by atoms with Gasteiger partial charge in [0.25, 0.3) is 5.91 Å². The molecule has 0 saturated carbocycles. The molecule has 0 bridgehead atoms. The SMILES string of the molecule is CCOC(=O)[C@H]1CCCN(CC(=O)N2N=C(c3ccc(C)cc3)C[C@H]2c2ccc(C)cc2)C1. The van der Waals surface area contributed by atoms with E-state index in [9.17, 15) is 9.59 Å². The summed E-state index contributed by atoms with van der Waals surface area (Å²) in [6.07, 6.45) is 2.38. The molecule has 0 spiro atoms. The molecule has 0 aromatic heterocycles. The van der Waals surface area contributed by atoms with E-state index in [1.165, 1.54) is 11.1 Å². The minimum atomic E-state index is -0.162. The van der Waals surface area contributed by atoms with E-state index in [0.717, 1.165) is 36.2 Å². The van der Waals surface area contributed by atoms with Gasteiger partial charge in [-0.15, -0.1) is 0 Å². The molecular formula is C27H33N3O3. The van der Waals surface area contributed by atoms with Crippen LogP contribution in [0.4, 0.5) is 0 Å². The standard InChI is InChI=1S/C27H33N3O3/c1-4-33-27(32)23-6-5-15-29(17-23)18-26(31)30-25(22-13-9-20(3)10-14-22)16-24(28-30)21-11-7-19(2)8-12-21/h7-14,23,25H,4-6,15-18H2,1-3H3/t23-,25-/m0/s1. The van der Waals surface area contributed by atoms with E-state index < -0.39 is 0 Å². The number of rotatable bonds is 6. The van der Waals surface area contributed by atoms with Gasteiger partial charge in [-0.1, -0.05) is 59.7 Å². The van der Waals surface area contributed by atoms with Gasteiger partial charge in [-0.3, -0.25) is 14.5 Å². The van der Waals surface area contributed by atoms with Crippen molar-refractivity contribution < 1.29 is 14.3 Å². The van der Waals surface area contributed by atoms with E-state index in [2.05, 4.69) is 67.3 Å². The summed E-state index contributed by atoms with van der Waals surface area (Å²) in [6.45, 7) is 7.95. The first-order valence-corrected chi connectivity index (χ1v) is 11.9. The summed E-state index contributed by atoms with van der Waals surface area (Å²) < 4.78 is 5.21. The van der Waals surface area contributed by atoms with Crippen LogP contribution >= 0.6 is 0 Å². The molecule has 4 rings (SSSR count). The highest BCUT2D eigenvalue weighted by molar-refractivity contribution is 6.03. The van der Waals surface area contributed by atoms with Crippen LogP contribution in [0.5, 0.6) is 0 Å². The Balaban J connectivity index is 1.53. The Labute approximate surface area is 196 Å². The number of aryl methyl sites for hydroxylation is 2. The van der Waals surface area contributed by atoms with Crippen molar-refractivity contribution in [3.63, 3.8) is 0 Å². The molecule has 1 amide bonds. The van der Waals surface area contributed by atoms with Crippen molar-refractivity contribution >= 4 is 17.6 Å². The fraction of sp³-hybridized carbons (Fsp3) is 0.444. The summed E-state index contributed by atoms with van der Waals surface area (Å²) in [4.78, 5) is 27.7. The lowest BCUT2D eigenvalue weighted by Gasteiger charge is -2.32. The second-order valence-electron chi connectivity index (χ2n) is 9.11. The highest BCUT2D eigenvalue weighted by Crippen LogP contribution is 2.33. The quantitative estimate of drug-likeness (QED) is 0.621. The molecule has 0 unspecified atom stereocenters. The van der Waals surface area contributed by atoms with E-state index >= 15 is 0 Å². The molecule has 2 heterocycles. The fourth-order valence-electron chi connectivity index (χ4n) is 4.62. The van der Waals surface area contributed by atoms with Gasteiger partial charge in [-0.05, 0) is 51.3 Å². The van der Waals surface area contributed by atoms with Gasteiger partial charge in [0.05, 0.1) is 30.8 Å². The van der Waals surface area contributed by atoms with Crippen molar-refractivity contribution in [2.45, 2.75) is 46.1 Å². The molecule has 0 radical (unpaired) electrons. The second-order valence-corrected chi connectivity index (χ2v) is 9.11. The van der Waals surface area contributed by atoms with Gasteiger partial charge in [0.2, 0.25) is 0 Å². The van der Waals surface area contributed by atoms with E-state index in [4.69, 9.17) is 9.84 Å². The minimum Gasteiger partial charge on any atom is -0.466 e. The molecule has 1 saturated heterocycles. The molecule has 6 heteroatoms. The fourth-order valence-corrected chi connectivity index (χ4v) is 4.62. The maximum atomic E-state index is 13.5. The molecule has 2 aromatic carbocycles. The number of nitrogens with zero attached hydrogens (tertiary/aromatic N) is 3. The number of piperidine rings is 1. The van der Waals surface area contributed by atoms with Crippen molar-refractivity contribution in [1.29, 1.82) is 0 Å². The van der Waals surface area contributed by atoms with Crippen LogP contribution in [0.25, 0.3) is 0 Å². The number of hydrazone groups is 1. The smallest absolute Gasteiger partial charge is 0.310 e. The lowest BCUT2D eigenvalue weighted by molar-refractivity contribution is -0.150. The van der Waals surface area contributed by atoms with Crippen LogP contribution < -0.4 is 0 Å². The van der Waals surface area contributed by atoms with Gasteiger partial charge >= 0.3 is 5.97 Å². The average molecular weight is 448 g/mol. The number of benzene rings is 2. The summed E-state index contributed by atoms with van der Waals surface area (Å²) in [5.74, 6) is -0.357. The molecular weight excluding hydrogens is 414 g/mol. The zero-order chi connectivity index (χ0) is 23.4. The van der Waals surface area contributed by atoms with Crippen molar-refractivity contribution in [2.24, 2.45) is 11.0 Å². The highest BCUT2D eigenvalue weighted by atomic mass is 16.5. The Hall–Kier alpha value is -2.99. The number of ether oxygens (including phenoxy) is 1. The highest BCUT2D eigenvalue weighted by Gasteiger charge is 2.35. The Morgan fingerprint density at radius 1 is 1.03 bits per heavy atom. The molecule has 2 aromatic rings. The van der Waals surface area contributed by atoms with Crippen LogP contribution in [-0.2, 0) is 14.3 Å². The molecule has 6 nitrogen and oxygen atoms in total. The normalized spacial score (nSPS) is 21.1. The molecule has 174 valence electrons. The van der Waals surface area contributed by atoms with Crippen molar-refractivity contribution in [3.8, 4) is 0 Å². The number of carbonyl (C=O) groups excluding carboxylic acids is 2. The molecule has 2 atom stereocenters. The molecule has 0 aliphatic carbocycles. The molecule has 1 fully saturated rings. The summed E-state index contributed by atoms with van der Waals surface area (Å²) in [5, 5.41) is 6.46. The topological polar surface area (TPSA) is 62.2 Å². The van der Waals surface area contributed by atoms with Crippen molar-refractivity contribution in [2.75, 3.05) is 26.2 Å². The third-order valence-corrected chi connectivity index (χ3v) is 6.50. The van der Waals surface area contributed by atoms with Crippen molar-refractivity contribution in [3.05, 3.63) is 70.8 Å². The third-order valence-electron chi connectivity index (χ3n) is 6.50. The van der Waals surface area contributed by atoms with Crippen LogP contribution in [-0.4, -0.2) is 53.7 Å². The summed E-state index contributed by atoms with van der Waals surface area (Å²) >= 11 is 0. The first-order valence-electron chi connectivity index (χ1n) is 11.9. The largest absolute Gasteiger partial charge is 0.466 e. The third kappa shape index (κ3) is 5.50. The number of hydrogen-bond acceptors (Lipinski definition) is 5. The van der Waals surface area contributed by atoms with Crippen LogP contribution in [0.15, 0.2) is 53.6 Å². The number of likely N-dealkylation sites (tertiary alicyclic amines) is 1. The van der Waals surface area contributed by atoms with Crippen LogP contribution in [0.3, 0.4) is 0 Å². The van der Waals surface area contributed by atoms with Gasteiger partial charge in [-0.2, -0.15) is 5.10 Å². The van der Waals surface area contributed by atoms with Crippen molar-refractivity contribution in [1.82, 2.24) is 9.91 Å². The predicted octanol–water partition coefficient (Wildman–Crippen LogP) is 4.26. The summed E-state index contributed by atoms with van der Waals surface area (Å²) in [6, 6.07) is 16.5. The van der Waals surface area contributed by atoms with Crippen LogP contribution in [0.1, 0.15) is 54.5 Å². The lowest BCUT2D eigenvalue weighted by Crippen LogP contribution is -2.44. The van der Waals surface area contributed by atoms with E-state index in [0.29, 0.717) is 19.6 Å². The Morgan fingerprint density at radius 3 is 2.36 bits per heavy atom. The van der Waals surface area contributed by atoms with E-state index in [1.807, 2.05) is 6.92 Å². The van der Waals surface area contributed by atoms with Gasteiger partial charge < -0.3 is 4.74 Å². The Morgan fingerprint density at radius 2 is 1.70 bits per heavy atom. The average Bonchev–Trinajstić information content (AvgIpc) is 3.26. The van der Waals surface area contributed by atoms with Crippen LogP contribution in [0, 0.1) is 19.8 Å². The number of carbonyl (C=O) groups is 2. The van der Waals surface area contributed by atoms with Gasteiger partial charge in [0.1, 0.15) is 0 Å². The molecule has 2 aliphatic rings.